The van der Waals surface area contributed by atoms with E-state index in [2.05, 4.69) is 18.7 Å². The zero-order valence-electron chi connectivity index (χ0n) is 45.6. The van der Waals surface area contributed by atoms with Crippen molar-refractivity contribution in [2.45, 2.75) is 250 Å². The Kier molecular flexibility index (Phi) is 20.1. The quantitative estimate of drug-likeness (QED) is 0.159. The fourth-order valence-electron chi connectivity index (χ4n) is 13.4. The van der Waals surface area contributed by atoms with Crippen molar-refractivity contribution >= 4 is 41.0 Å². The topological polar surface area (TPSA) is 172 Å². The van der Waals surface area contributed by atoms with Crippen molar-refractivity contribution < 1.29 is 62.5 Å². The fraction of sp³-hybridized carbons (Fsp3) is 0.836. The number of Topliss-reactive ketones (excluding diaryl/α,β-unsaturated/α-hetero) is 1. The van der Waals surface area contributed by atoms with Crippen molar-refractivity contribution in [2.75, 3.05) is 20.8 Å². The Labute approximate surface area is 439 Å². The summed E-state index contributed by atoms with van der Waals surface area (Å²) in [6.07, 6.45) is -0.932. The van der Waals surface area contributed by atoms with Crippen molar-refractivity contribution in [1.82, 2.24) is 9.80 Å². The van der Waals surface area contributed by atoms with Gasteiger partial charge in [-0.3, -0.25) is 19.4 Å². The lowest BCUT2D eigenvalue weighted by molar-refractivity contribution is -0.320. The van der Waals surface area contributed by atoms with Crippen LogP contribution in [0.5, 0.6) is 0 Å². The lowest BCUT2D eigenvalue weighted by atomic mass is 9.73. The second-order valence-corrected chi connectivity index (χ2v) is 23.4. The lowest BCUT2D eigenvalue weighted by Gasteiger charge is -2.51. The van der Waals surface area contributed by atoms with Gasteiger partial charge in [0.25, 0.3) is 0 Å². The molecule has 17 heteroatoms. The first-order valence-electron chi connectivity index (χ1n) is 27.0. The molecule has 1 aromatic carbocycles. The number of carbonyl (C=O) groups excluding carboxylic acids is 3. The van der Waals surface area contributed by atoms with E-state index in [1.165, 1.54) is 7.11 Å². The molecule has 5 saturated heterocycles. The van der Waals surface area contributed by atoms with Gasteiger partial charge in [0.2, 0.25) is 0 Å². The van der Waals surface area contributed by atoms with Gasteiger partial charge < -0.3 is 48.1 Å². The fourth-order valence-corrected chi connectivity index (χ4v) is 13.7. The van der Waals surface area contributed by atoms with Crippen LogP contribution in [0.25, 0.3) is 0 Å². The molecule has 0 aliphatic carbocycles. The normalized spacial score (nSPS) is 42.8. The number of cyclic esters (lactones) is 1. The van der Waals surface area contributed by atoms with E-state index in [9.17, 15) is 15.0 Å². The maximum atomic E-state index is 15.3. The maximum absolute atomic E-state index is 15.3. The van der Waals surface area contributed by atoms with Gasteiger partial charge in [-0.2, -0.15) is 0 Å². The summed E-state index contributed by atoms with van der Waals surface area (Å²) >= 11 is 12.6. The zero-order valence-corrected chi connectivity index (χ0v) is 47.1. The van der Waals surface area contributed by atoms with E-state index in [-0.39, 0.29) is 43.7 Å². The summed E-state index contributed by atoms with van der Waals surface area (Å²) in [5, 5.41) is 24.7. The number of ketones is 1. The molecular formula is C55H88Cl2N2O13. The molecule has 410 valence electrons. The summed E-state index contributed by atoms with van der Waals surface area (Å²) in [5.41, 5.74) is -2.96. The van der Waals surface area contributed by atoms with Crippen LogP contribution in [-0.4, -0.2) is 155 Å². The van der Waals surface area contributed by atoms with E-state index >= 15 is 9.59 Å². The molecule has 2 N–H and O–H groups in total. The minimum Gasteiger partial charge on any atom is -0.458 e. The van der Waals surface area contributed by atoms with Gasteiger partial charge in [-0.1, -0.05) is 83.7 Å². The zero-order chi connectivity index (χ0) is 53.2. The predicted octanol–water partition coefficient (Wildman–Crippen LogP) is 9.33. The number of fused-ring (bicyclic) bond motifs is 1. The van der Waals surface area contributed by atoms with Crippen LogP contribution in [0.15, 0.2) is 18.2 Å². The van der Waals surface area contributed by atoms with E-state index < -0.39 is 108 Å². The molecule has 0 spiro atoms. The van der Waals surface area contributed by atoms with Crippen molar-refractivity contribution in [3.63, 3.8) is 0 Å². The highest BCUT2D eigenvalue weighted by atomic mass is 35.5. The molecule has 0 radical (unpaired) electrons. The van der Waals surface area contributed by atoms with Crippen LogP contribution < -0.4 is 0 Å². The summed E-state index contributed by atoms with van der Waals surface area (Å²) in [6.45, 7) is 23.0. The van der Waals surface area contributed by atoms with Crippen LogP contribution in [0, 0.1) is 23.7 Å². The molecule has 5 fully saturated rings. The van der Waals surface area contributed by atoms with Gasteiger partial charge in [-0.15, -0.1) is 0 Å². The molecule has 15 nitrogen and oxygen atoms in total. The number of ether oxygens (including phenoxy) is 8. The van der Waals surface area contributed by atoms with E-state index in [1.54, 1.807) is 51.8 Å². The van der Waals surface area contributed by atoms with Gasteiger partial charge in [-0.05, 0) is 111 Å². The Balaban J connectivity index is 1.45. The van der Waals surface area contributed by atoms with E-state index in [0.717, 1.165) is 44.1 Å². The van der Waals surface area contributed by atoms with E-state index in [4.69, 9.17) is 61.1 Å². The number of rotatable bonds is 15. The first-order valence-corrected chi connectivity index (χ1v) is 27.7. The predicted molar refractivity (Wildman–Crippen MR) is 275 cm³/mol. The number of nitrogens with zero attached hydrogens (tertiary/aromatic N) is 2. The molecule has 1 aromatic rings. The number of hydrogen-bond donors (Lipinski definition) is 2. The molecule has 20 atom stereocenters. The Morgan fingerprint density at radius 3 is 2.04 bits per heavy atom. The maximum Gasteiger partial charge on any atom is 0.410 e. The number of benzene rings is 1. The highest BCUT2D eigenvalue weighted by Gasteiger charge is 2.61. The molecule has 0 saturated carbocycles. The number of aliphatic hydroxyl groups is 2. The highest BCUT2D eigenvalue weighted by molar-refractivity contribution is 6.42. The lowest BCUT2D eigenvalue weighted by Crippen LogP contribution is -2.63. The number of carbonyl (C=O) groups is 3. The largest absolute Gasteiger partial charge is 0.458 e. The third-order valence-corrected chi connectivity index (χ3v) is 18.1. The molecule has 1 amide bonds. The summed E-state index contributed by atoms with van der Waals surface area (Å²) in [4.78, 5) is 48.7. The summed E-state index contributed by atoms with van der Waals surface area (Å²) in [5.74, 6) is -4.01. The van der Waals surface area contributed by atoms with Crippen LogP contribution in [0.2, 0.25) is 10.0 Å². The molecule has 6 rings (SSSR count). The Morgan fingerprint density at radius 2 is 1.46 bits per heavy atom. The number of amides is 1. The second-order valence-electron chi connectivity index (χ2n) is 22.6. The molecule has 0 bridgehead atoms. The Hall–Kier alpha value is -2.15. The van der Waals surface area contributed by atoms with E-state index in [0.29, 0.717) is 35.0 Å². The number of halogens is 2. The summed E-state index contributed by atoms with van der Waals surface area (Å²) < 4.78 is 52.6. The van der Waals surface area contributed by atoms with Crippen molar-refractivity contribution in [3.8, 4) is 0 Å². The van der Waals surface area contributed by atoms with Crippen LogP contribution >= 0.6 is 23.2 Å². The van der Waals surface area contributed by atoms with Gasteiger partial charge in [0, 0.05) is 63.1 Å². The molecule has 5 aliphatic rings. The molecule has 20 unspecified atom stereocenters. The minimum absolute atomic E-state index is 0.124. The molecule has 0 aromatic heterocycles. The highest BCUT2D eigenvalue weighted by Crippen LogP contribution is 2.46. The summed E-state index contributed by atoms with van der Waals surface area (Å²) in [6, 6.07) is 4.84. The molecular weight excluding hydrogens is 968 g/mol. The van der Waals surface area contributed by atoms with Gasteiger partial charge in [0.1, 0.15) is 24.1 Å². The molecule has 5 aliphatic heterocycles. The minimum atomic E-state index is -1.46. The SMILES string of the molecule is CCCC1CCC(CCC)N1C1CC(C)OC(OC2C(C)C(OC3CC(C)(OC)C(O)C(C)O3)C(C)C(=O)OC(CC)C3(C)OC(=O)N(CCc4ccc(Cl)c(Cl)c4)C3C(C)C(=O)C(C)CC2(C)OC)C1O. The smallest absolute Gasteiger partial charge is 0.410 e. The van der Waals surface area contributed by atoms with Crippen molar-refractivity contribution in [2.24, 2.45) is 23.7 Å². The molecule has 72 heavy (non-hydrogen) atoms. The average Bonchev–Trinajstić information content (AvgIpc) is 3.85. The van der Waals surface area contributed by atoms with Crippen LogP contribution in [0.3, 0.4) is 0 Å². The van der Waals surface area contributed by atoms with Crippen LogP contribution in [-0.2, 0) is 53.9 Å². The first kappa shape index (κ1) is 59.1. The standard InChI is InChI=1S/C55H88Cl2N2O13/c1-15-18-37-21-22-38(19-16-2)59(37)41-26-31(5)67-51(45(41)61)71-49-33(7)46(70-43-29-53(10,65-13)48(62)35(9)68-43)34(8)50(63)69-42(17-3)55(12)47(32(6)44(60)30(4)28-54(49,11)66-14)58(52(64)72-55)25-24-36-20-23-39(56)40(57)27-36/h20,23,27,30-35,37-38,41-43,45-49,51,61-62H,15-19,21-22,24-26,28-29H2,1-14H3. The molecule has 5 heterocycles. The third-order valence-electron chi connectivity index (χ3n) is 17.4. The second kappa shape index (κ2) is 24.5. The van der Waals surface area contributed by atoms with Crippen molar-refractivity contribution in [3.05, 3.63) is 33.8 Å². The monoisotopic (exact) mass is 1050 g/mol. The summed E-state index contributed by atoms with van der Waals surface area (Å²) in [7, 11) is 3.11. The Morgan fingerprint density at radius 1 is 0.819 bits per heavy atom. The van der Waals surface area contributed by atoms with Gasteiger partial charge in [-0.25, -0.2) is 4.79 Å². The Bertz CT molecular complexity index is 1990. The number of likely N-dealkylation sites (tertiary alicyclic amines) is 1. The van der Waals surface area contributed by atoms with Gasteiger partial charge >= 0.3 is 12.1 Å². The van der Waals surface area contributed by atoms with Gasteiger partial charge in [0.15, 0.2) is 18.2 Å². The number of esters is 1. The number of methoxy groups -OCH3 is 2. The van der Waals surface area contributed by atoms with Crippen LogP contribution in [0.1, 0.15) is 153 Å². The number of aliphatic hydroxyl groups excluding tert-OH is 2. The van der Waals surface area contributed by atoms with E-state index in [1.807, 2.05) is 47.6 Å². The average molecular weight is 1060 g/mol. The van der Waals surface area contributed by atoms with Gasteiger partial charge in [0.05, 0.1) is 57.6 Å². The number of hydrogen-bond acceptors (Lipinski definition) is 14. The van der Waals surface area contributed by atoms with Crippen molar-refractivity contribution in [1.29, 1.82) is 0 Å². The van der Waals surface area contributed by atoms with Crippen LogP contribution in [0.4, 0.5) is 4.79 Å². The first-order chi connectivity index (χ1) is 33.9. The third kappa shape index (κ3) is 12.2.